The van der Waals surface area contributed by atoms with Crippen LogP contribution in [0.3, 0.4) is 0 Å². The number of amides is 2. The van der Waals surface area contributed by atoms with Crippen molar-refractivity contribution in [3.8, 4) is 5.75 Å². The number of ether oxygens (including phenoxy) is 1. The third-order valence-electron chi connectivity index (χ3n) is 10.1. The molecule has 4 atom stereocenters. The number of carbonyl (C=O) groups excluding carboxylic acids is 2. The normalized spacial score (nSPS) is 19.3. The van der Waals surface area contributed by atoms with Gasteiger partial charge in [-0.15, -0.1) is 0 Å². The highest BCUT2D eigenvalue weighted by molar-refractivity contribution is 6.22. The lowest BCUT2D eigenvalue weighted by molar-refractivity contribution is -0.123. The van der Waals surface area contributed by atoms with Crippen LogP contribution in [0.5, 0.6) is 5.75 Å². The first kappa shape index (κ1) is 35.7. The zero-order valence-electron chi connectivity index (χ0n) is 29.2. The summed E-state index contributed by atoms with van der Waals surface area (Å²) >= 11 is 0. The molecule has 0 bridgehead atoms. The number of para-hydroxylation sites is 2. The molecule has 1 aliphatic heterocycles. The van der Waals surface area contributed by atoms with Crippen molar-refractivity contribution >= 4 is 40.5 Å². The van der Waals surface area contributed by atoms with Crippen molar-refractivity contribution in [2.24, 2.45) is 17.8 Å². The van der Waals surface area contributed by atoms with Gasteiger partial charge in [0.2, 0.25) is 11.8 Å². The maximum Gasteiger partial charge on any atom is 0.238 e. The summed E-state index contributed by atoms with van der Waals surface area (Å²) in [5.41, 5.74) is 5.28. The van der Waals surface area contributed by atoms with E-state index < -0.39 is 36.4 Å². The lowest BCUT2D eigenvalue weighted by Crippen LogP contribution is -2.40. The summed E-state index contributed by atoms with van der Waals surface area (Å²) in [5, 5.41) is 35.8. The van der Waals surface area contributed by atoms with Crippen LogP contribution in [-0.2, 0) is 16.2 Å². The van der Waals surface area contributed by atoms with Crippen molar-refractivity contribution < 1.29 is 34.1 Å². The molecule has 1 saturated heterocycles. The number of nitrogens with zero attached hydrogens (tertiary/aromatic N) is 1. The highest BCUT2D eigenvalue weighted by Crippen LogP contribution is 2.47. The van der Waals surface area contributed by atoms with E-state index in [2.05, 4.69) is 5.32 Å². The van der Waals surface area contributed by atoms with Crippen molar-refractivity contribution in [1.29, 1.82) is 0 Å². The van der Waals surface area contributed by atoms with E-state index in [-0.39, 0.29) is 32.0 Å². The summed E-state index contributed by atoms with van der Waals surface area (Å²) in [6, 6.07) is 39.4. The summed E-state index contributed by atoms with van der Waals surface area (Å²) in [7, 11) is 0. The molecule has 0 radical (unpaired) electrons. The molecule has 53 heavy (non-hydrogen) atoms. The molecule has 7 rings (SSSR count). The molecule has 2 aliphatic rings. The summed E-state index contributed by atoms with van der Waals surface area (Å²) in [6.07, 6.45) is 1.78. The number of furan rings is 1. The highest BCUT2D eigenvalue weighted by atomic mass is 16.5. The molecule has 9 nitrogen and oxygen atoms in total. The number of fused-ring (bicyclic) bond motifs is 1. The van der Waals surface area contributed by atoms with E-state index in [1.807, 2.05) is 109 Å². The van der Waals surface area contributed by atoms with Crippen molar-refractivity contribution in [3.63, 3.8) is 0 Å². The SMILES string of the molecule is O=C1[C@@H]2[C@@H](CC(COc3ccccc3)=C([C@H](O)CC/C(=C/c3ccc(CO)o3)c3ccccc3)[C@@H]2CO)C(=O)N1c1ccc(Nc2ccccc2)cc1. The van der Waals surface area contributed by atoms with Gasteiger partial charge in [0, 0.05) is 17.3 Å². The summed E-state index contributed by atoms with van der Waals surface area (Å²) < 4.78 is 11.9. The van der Waals surface area contributed by atoms with E-state index in [0.29, 0.717) is 40.5 Å². The molecule has 5 aromatic rings. The number of aliphatic hydroxyl groups excluding tert-OH is 3. The number of imide groups is 1. The summed E-state index contributed by atoms with van der Waals surface area (Å²) in [6.45, 7) is -0.544. The molecule has 2 heterocycles. The molecule has 0 unspecified atom stereocenters. The van der Waals surface area contributed by atoms with Gasteiger partial charge in [0.05, 0.1) is 30.2 Å². The van der Waals surface area contributed by atoms with Gasteiger partial charge < -0.3 is 29.8 Å². The predicted molar refractivity (Wildman–Crippen MR) is 204 cm³/mol. The van der Waals surface area contributed by atoms with Crippen molar-refractivity contribution in [2.45, 2.75) is 32.0 Å². The van der Waals surface area contributed by atoms with Crippen LogP contribution in [-0.4, -0.2) is 46.5 Å². The smallest absolute Gasteiger partial charge is 0.238 e. The van der Waals surface area contributed by atoms with Crippen LogP contribution in [0, 0.1) is 17.8 Å². The Kier molecular flexibility index (Phi) is 11.0. The minimum absolute atomic E-state index is 0.0924. The van der Waals surface area contributed by atoms with E-state index in [4.69, 9.17) is 9.15 Å². The topological polar surface area (TPSA) is 132 Å². The van der Waals surface area contributed by atoms with Gasteiger partial charge in [-0.05, 0) is 108 Å². The summed E-state index contributed by atoms with van der Waals surface area (Å²) in [4.78, 5) is 29.6. The lowest BCUT2D eigenvalue weighted by Gasteiger charge is -2.36. The van der Waals surface area contributed by atoms with Gasteiger partial charge >= 0.3 is 0 Å². The number of benzene rings is 4. The number of rotatable bonds is 14. The molecule has 270 valence electrons. The monoisotopic (exact) mass is 710 g/mol. The zero-order valence-corrected chi connectivity index (χ0v) is 29.2. The molecular formula is C44H42N2O7. The van der Waals surface area contributed by atoms with E-state index in [0.717, 1.165) is 22.5 Å². The number of aliphatic hydroxyl groups is 3. The molecular weight excluding hydrogens is 668 g/mol. The van der Waals surface area contributed by atoms with E-state index in [1.165, 1.54) is 4.90 Å². The maximum absolute atomic E-state index is 14.2. The Morgan fingerprint density at radius 3 is 2.15 bits per heavy atom. The van der Waals surface area contributed by atoms with Gasteiger partial charge in [-0.25, -0.2) is 0 Å². The molecule has 0 spiro atoms. The van der Waals surface area contributed by atoms with Crippen LogP contribution in [0.4, 0.5) is 17.1 Å². The number of hydrogen-bond acceptors (Lipinski definition) is 8. The second-order valence-electron chi connectivity index (χ2n) is 13.4. The number of anilines is 3. The van der Waals surface area contributed by atoms with Gasteiger partial charge in [0.1, 0.15) is 30.5 Å². The minimum Gasteiger partial charge on any atom is -0.489 e. The number of carbonyl (C=O) groups is 2. The molecule has 1 aliphatic carbocycles. The number of allylic oxidation sites excluding steroid dienone is 1. The van der Waals surface area contributed by atoms with Gasteiger partial charge in [0.15, 0.2) is 0 Å². The van der Waals surface area contributed by atoms with Gasteiger partial charge in [-0.2, -0.15) is 0 Å². The number of hydrogen-bond donors (Lipinski definition) is 4. The fourth-order valence-corrected chi connectivity index (χ4v) is 7.54. The Morgan fingerprint density at radius 2 is 1.49 bits per heavy atom. The quantitative estimate of drug-likeness (QED) is 0.0693. The van der Waals surface area contributed by atoms with Crippen LogP contribution in [0.15, 0.2) is 143 Å². The van der Waals surface area contributed by atoms with Crippen LogP contribution in [0.25, 0.3) is 11.6 Å². The molecule has 1 fully saturated rings. The second-order valence-corrected chi connectivity index (χ2v) is 13.4. The summed E-state index contributed by atoms with van der Waals surface area (Å²) in [5.74, 6) is -1.42. The molecule has 0 saturated carbocycles. The average Bonchev–Trinajstić information content (AvgIpc) is 3.76. The first-order chi connectivity index (χ1) is 25.9. The minimum atomic E-state index is -1.04. The van der Waals surface area contributed by atoms with Crippen LogP contribution >= 0.6 is 0 Å². The Balaban J connectivity index is 1.17. The van der Waals surface area contributed by atoms with E-state index in [1.54, 1.807) is 24.3 Å². The fourth-order valence-electron chi connectivity index (χ4n) is 7.54. The van der Waals surface area contributed by atoms with E-state index in [9.17, 15) is 24.9 Å². The standard InChI is InChI=1S/C44H42N2O7/c47-26-37-22-21-36(53-37)24-30(29-10-4-1-5-11-29)16-23-40(49)41-31(28-52-35-14-8-3-9-15-35)25-38-42(39(41)27-48)44(51)46(43(38)50)34-19-17-33(18-20-34)45-32-12-6-2-7-13-32/h1-15,17-22,24,38-40,42,45,47-49H,16,23,25-28H2/b30-24-/t38-,39+,40-,42-/m1/s1. The second kappa shape index (κ2) is 16.3. The van der Waals surface area contributed by atoms with Crippen LogP contribution in [0.2, 0.25) is 0 Å². The predicted octanol–water partition coefficient (Wildman–Crippen LogP) is 7.39. The molecule has 4 aromatic carbocycles. The third kappa shape index (κ3) is 7.88. The molecule has 1 aromatic heterocycles. The zero-order chi connectivity index (χ0) is 36.7. The number of nitrogens with one attached hydrogen (secondary N) is 1. The van der Waals surface area contributed by atoms with Crippen molar-refractivity contribution in [2.75, 3.05) is 23.4 Å². The van der Waals surface area contributed by atoms with Crippen LogP contribution < -0.4 is 15.0 Å². The first-order valence-electron chi connectivity index (χ1n) is 17.9. The first-order valence-corrected chi connectivity index (χ1v) is 17.9. The van der Waals surface area contributed by atoms with Crippen molar-refractivity contribution in [3.05, 3.63) is 156 Å². The highest BCUT2D eigenvalue weighted by Gasteiger charge is 2.55. The average molecular weight is 711 g/mol. The maximum atomic E-state index is 14.2. The Hall–Kier alpha value is -5.74. The van der Waals surface area contributed by atoms with Gasteiger partial charge in [-0.1, -0.05) is 66.7 Å². The molecule has 9 heteroatoms. The Morgan fingerprint density at radius 1 is 0.830 bits per heavy atom. The Bertz CT molecular complexity index is 2070. The largest absolute Gasteiger partial charge is 0.489 e. The molecule has 2 amide bonds. The van der Waals surface area contributed by atoms with E-state index >= 15 is 0 Å². The van der Waals surface area contributed by atoms with Gasteiger partial charge in [0.25, 0.3) is 0 Å². The fraction of sp³-hybridized carbons (Fsp3) is 0.227. The lowest BCUT2D eigenvalue weighted by atomic mass is 9.68. The molecule has 4 N–H and O–H groups in total. The Labute approximate surface area is 308 Å². The van der Waals surface area contributed by atoms with Crippen LogP contribution in [0.1, 0.15) is 36.3 Å². The third-order valence-corrected chi connectivity index (χ3v) is 10.1. The van der Waals surface area contributed by atoms with Gasteiger partial charge in [-0.3, -0.25) is 14.5 Å². The van der Waals surface area contributed by atoms with Crippen molar-refractivity contribution in [1.82, 2.24) is 0 Å².